The molecule has 2 aromatic rings. The van der Waals surface area contributed by atoms with Gasteiger partial charge >= 0.3 is 10.1 Å². The summed E-state index contributed by atoms with van der Waals surface area (Å²) in [5, 5.41) is 10.5. The SMILES string of the molecule is Cc1ccc(S(=O)(=O)ONc2ccc([N+](=O)[O-])cc2)cc1. The molecule has 0 unspecified atom stereocenters. The first-order valence-corrected chi connectivity index (χ1v) is 7.30. The van der Waals surface area contributed by atoms with Crippen LogP contribution < -0.4 is 5.48 Å². The topological polar surface area (TPSA) is 98.5 Å². The van der Waals surface area contributed by atoms with E-state index in [0.29, 0.717) is 0 Å². The fourth-order valence-corrected chi connectivity index (χ4v) is 2.28. The summed E-state index contributed by atoms with van der Waals surface area (Å²) in [7, 11) is -3.95. The highest BCUT2D eigenvalue weighted by molar-refractivity contribution is 7.86. The number of benzene rings is 2. The van der Waals surface area contributed by atoms with Gasteiger partial charge in [0.2, 0.25) is 0 Å². The molecule has 0 saturated heterocycles. The van der Waals surface area contributed by atoms with Crippen LogP contribution >= 0.6 is 0 Å². The maximum atomic E-state index is 11.9. The van der Waals surface area contributed by atoms with Gasteiger partial charge in [-0.2, -0.15) is 8.42 Å². The van der Waals surface area contributed by atoms with E-state index in [4.69, 9.17) is 4.28 Å². The molecule has 0 aromatic heterocycles. The van der Waals surface area contributed by atoms with Crippen LogP contribution in [-0.2, 0) is 14.4 Å². The standard InChI is InChI=1S/C13H12N2O5S/c1-10-2-8-13(9-3-10)21(18,19)20-14-11-4-6-12(7-5-11)15(16)17/h2-9,14H,1H3. The number of rotatable bonds is 5. The number of aryl methyl sites for hydroxylation is 1. The van der Waals surface area contributed by atoms with Crippen molar-refractivity contribution in [2.45, 2.75) is 11.8 Å². The van der Waals surface area contributed by atoms with Crippen LogP contribution in [0.2, 0.25) is 0 Å². The van der Waals surface area contributed by atoms with Gasteiger partial charge in [0.05, 0.1) is 15.5 Å². The maximum Gasteiger partial charge on any atom is 0.317 e. The first kappa shape index (κ1) is 14.9. The lowest BCUT2D eigenvalue weighted by molar-refractivity contribution is -0.384. The number of hydrogen-bond acceptors (Lipinski definition) is 6. The number of nitrogens with one attached hydrogen (secondary N) is 1. The third-order valence-electron chi connectivity index (χ3n) is 2.66. The zero-order valence-electron chi connectivity index (χ0n) is 11.0. The molecule has 7 nitrogen and oxygen atoms in total. The monoisotopic (exact) mass is 308 g/mol. The molecule has 2 aromatic carbocycles. The molecular formula is C13H12N2O5S. The van der Waals surface area contributed by atoms with Gasteiger partial charge < -0.3 is 0 Å². The molecular weight excluding hydrogens is 296 g/mol. The van der Waals surface area contributed by atoms with Crippen molar-refractivity contribution in [3.05, 3.63) is 64.2 Å². The van der Waals surface area contributed by atoms with Gasteiger partial charge in [-0.05, 0) is 31.2 Å². The van der Waals surface area contributed by atoms with Gasteiger partial charge in [0.25, 0.3) is 5.69 Å². The second kappa shape index (κ2) is 5.90. The van der Waals surface area contributed by atoms with Crippen molar-refractivity contribution in [2.75, 3.05) is 5.48 Å². The minimum Gasteiger partial charge on any atom is -0.258 e. The van der Waals surface area contributed by atoms with Crippen molar-refractivity contribution in [1.82, 2.24) is 0 Å². The van der Waals surface area contributed by atoms with Crippen LogP contribution in [0.25, 0.3) is 0 Å². The van der Waals surface area contributed by atoms with E-state index in [2.05, 4.69) is 5.48 Å². The molecule has 0 radical (unpaired) electrons. The predicted molar refractivity (Wildman–Crippen MR) is 76.2 cm³/mol. The van der Waals surface area contributed by atoms with Crippen molar-refractivity contribution in [3.8, 4) is 0 Å². The number of nitro benzene ring substituents is 1. The lowest BCUT2D eigenvalue weighted by Crippen LogP contribution is -2.11. The fraction of sp³-hybridized carbons (Fsp3) is 0.0769. The number of hydrogen-bond donors (Lipinski definition) is 1. The van der Waals surface area contributed by atoms with E-state index in [9.17, 15) is 18.5 Å². The van der Waals surface area contributed by atoms with E-state index >= 15 is 0 Å². The molecule has 0 spiro atoms. The molecule has 0 heterocycles. The Balaban J connectivity index is 2.08. The van der Waals surface area contributed by atoms with E-state index in [-0.39, 0.29) is 16.3 Å². The van der Waals surface area contributed by atoms with Crippen molar-refractivity contribution < 1.29 is 17.6 Å². The highest BCUT2D eigenvalue weighted by Crippen LogP contribution is 2.18. The lowest BCUT2D eigenvalue weighted by Gasteiger charge is -2.07. The lowest BCUT2D eigenvalue weighted by atomic mass is 10.2. The Morgan fingerprint density at radius 3 is 2.14 bits per heavy atom. The van der Waals surface area contributed by atoms with Crippen LogP contribution in [0.4, 0.5) is 11.4 Å². The molecule has 0 aliphatic rings. The van der Waals surface area contributed by atoms with Gasteiger partial charge in [0.15, 0.2) is 0 Å². The minimum absolute atomic E-state index is 0.0162. The average Bonchev–Trinajstić information content (AvgIpc) is 2.46. The number of nitrogens with zero attached hydrogens (tertiary/aromatic N) is 1. The summed E-state index contributed by atoms with van der Waals surface area (Å²) < 4.78 is 28.5. The maximum absolute atomic E-state index is 11.9. The van der Waals surface area contributed by atoms with Crippen LogP contribution in [0.3, 0.4) is 0 Å². The summed E-state index contributed by atoms with van der Waals surface area (Å²) in [5.74, 6) is 0. The minimum atomic E-state index is -3.95. The summed E-state index contributed by atoms with van der Waals surface area (Å²) in [6.07, 6.45) is 0. The smallest absolute Gasteiger partial charge is 0.258 e. The summed E-state index contributed by atoms with van der Waals surface area (Å²) >= 11 is 0. The largest absolute Gasteiger partial charge is 0.317 e. The van der Waals surface area contributed by atoms with Crippen LogP contribution in [0.1, 0.15) is 5.56 Å². The Morgan fingerprint density at radius 2 is 1.62 bits per heavy atom. The van der Waals surface area contributed by atoms with Gasteiger partial charge in [-0.15, -0.1) is 4.28 Å². The van der Waals surface area contributed by atoms with Gasteiger partial charge in [-0.3, -0.25) is 10.1 Å². The molecule has 0 atom stereocenters. The van der Waals surface area contributed by atoms with Crippen molar-refractivity contribution in [3.63, 3.8) is 0 Å². The predicted octanol–water partition coefficient (Wildman–Crippen LogP) is 2.64. The Hall–Kier alpha value is -2.45. The molecule has 0 amide bonds. The van der Waals surface area contributed by atoms with Gasteiger partial charge in [0, 0.05) is 12.1 Å². The third-order valence-corrected chi connectivity index (χ3v) is 3.81. The molecule has 21 heavy (non-hydrogen) atoms. The second-order valence-corrected chi connectivity index (χ2v) is 5.80. The second-order valence-electron chi connectivity index (χ2n) is 4.26. The zero-order valence-corrected chi connectivity index (χ0v) is 11.8. The van der Waals surface area contributed by atoms with E-state index in [0.717, 1.165) is 5.56 Å². The molecule has 0 fully saturated rings. The summed E-state index contributed by atoms with van der Waals surface area (Å²) in [6.45, 7) is 1.84. The zero-order chi connectivity index (χ0) is 15.5. The summed E-state index contributed by atoms with van der Waals surface area (Å²) in [5.41, 5.74) is 3.37. The van der Waals surface area contributed by atoms with Crippen molar-refractivity contribution in [2.24, 2.45) is 0 Å². The summed E-state index contributed by atoms with van der Waals surface area (Å²) in [6, 6.07) is 11.4. The van der Waals surface area contributed by atoms with E-state index in [1.165, 1.54) is 36.4 Å². The summed E-state index contributed by atoms with van der Waals surface area (Å²) in [4.78, 5) is 9.97. The molecule has 1 N–H and O–H groups in total. The third kappa shape index (κ3) is 3.77. The average molecular weight is 308 g/mol. The van der Waals surface area contributed by atoms with Crippen molar-refractivity contribution >= 4 is 21.5 Å². The van der Waals surface area contributed by atoms with E-state index in [1.54, 1.807) is 12.1 Å². The van der Waals surface area contributed by atoms with E-state index < -0.39 is 15.0 Å². The van der Waals surface area contributed by atoms with Crippen LogP contribution in [-0.4, -0.2) is 13.3 Å². The first-order chi connectivity index (χ1) is 9.88. The Bertz CT molecular complexity index is 739. The normalized spacial score (nSPS) is 11.1. The highest BCUT2D eigenvalue weighted by Gasteiger charge is 2.15. The number of non-ortho nitro benzene ring substituents is 1. The Labute approximate surface area is 121 Å². The van der Waals surface area contributed by atoms with Gasteiger partial charge in [-0.25, -0.2) is 5.48 Å². The Morgan fingerprint density at radius 1 is 1.05 bits per heavy atom. The quantitative estimate of drug-likeness (QED) is 0.673. The molecule has 0 saturated carbocycles. The molecule has 0 aliphatic heterocycles. The van der Waals surface area contributed by atoms with Gasteiger partial charge in [-0.1, -0.05) is 17.7 Å². The molecule has 0 aliphatic carbocycles. The molecule has 2 rings (SSSR count). The van der Waals surface area contributed by atoms with Crippen molar-refractivity contribution in [1.29, 1.82) is 0 Å². The Kier molecular flexibility index (Phi) is 4.20. The highest BCUT2D eigenvalue weighted by atomic mass is 32.2. The molecule has 8 heteroatoms. The molecule has 0 bridgehead atoms. The number of anilines is 1. The van der Waals surface area contributed by atoms with Crippen LogP contribution in [0.15, 0.2) is 53.4 Å². The van der Waals surface area contributed by atoms with Crippen LogP contribution in [0, 0.1) is 17.0 Å². The fourth-order valence-electron chi connectivity index (χ4n) is 1.51. The molecule has 110 valence electrons. The van der Waals surface area contributed by atoms with Gasteiger partial charge in [0.1, 0.15) is 0 Å². The van der Waals surface area contributed by atoms with E-state index in [1.807, 2.05) is 6.92 Å². The first-order valence-electron chi connectivity index (χ1n) is 5.89. The van der Waals surface area contributed by atoms with Crippen LogP contribution in [0.5, 0.6) is 0 Å². The number of nitro groups is 1.